The smallest absolute Gasteiger partial charge is 0.289 e. The summed E-state index contributed by atoms with van der Waals surface area (Å²) in [6.45, 7) is 1.65. The van der Waals surface area contributed by atoms with Gasteiger partial charge in [-0.15, -0.1) is 0 Å². The van der Waals surface area contributed by atoms with Crippen molar-refractivity contribution in [1.82, 2.24) is 10.5 Å². The normalized spacial score (nSPS) is 18.2. The Balaban J connectivity index is 1.61. The van der Waals surface area contributed by atoms with E-state index in [1.54, 1.807) is 6.07 Å². The predicted molar refractivity (Wildman–Crippen MR) is 75.6 cm³/mol. The van der Waals surface area contributed by atoms with Crippen LogP contribution in [0, 0.1) is 0 Å². The quantitative estimate of drug-likeness (QED) is 0.925. The lowest BCUT2D eigenvalue weighted by molar-refractivity contribution is 0.0914. The predicted octanol–water partition coefficient (Wildman–Crippen LogP) is 2.07. The van der Waals surface area contributed by atoms with E-state index in [1.807, 2.05) is 18.2 Å². The summed E-state index contributed by atoms with van der Waals surface area (Å²) in [7, 11) is 0. The summed E-state index contributed by atoms with van der Waals surface area (Å²) in [5.41, 5.74) is 1.21. The zero-order chi connectivity index (χ0) is 13.8. The second-order valence-electron chi connectivity index (χ2n) is 4.91. The fourth-order valence-electron chi connectivity index (χ4n) is 2.64. The third kappa shape index (κ3) is 2.66. The number of nitrogens with one attached hydrogen (secondary N) is 1. The standard InChI is InChI=1S/C15H17N3O2/c19-15(14-8-9-17-20-14)16-11-13-7-4-10-18(13)12-5-2-1-3-6-12/h1-3,5-6,8-9,13H,4,7,10-11H2,(H,16,19)/t13-/m0/s1. The van der Waals surface area contributed by atoms with Crippen LogP contribution >= 0.6 is 0 Å². The number of rotatable bonds is 4. The van der Waals surface area contributed by atoms with Crippen molar-refractivity contribution in [3.63, 3.8) is 0 Å². The number of hydrogen-bond acceptors (Lipinski definition) is 4. The number of nitrogens with zero attached hydrogens (tertiary/aromatic N) is 2. The van der Waals surface area contributed by atoms with Crippen molar-refractivity contribution in [3.05, 3.63) is 48.4 Å². The summed E-state index contributed by atoms with van der Waals surface area (Å²) in [6, 6.07) is 12.2. The summed E-state index contributed by atoms with van der Waals surface area (Å²) >= 11 is 0. The second-order valence-corrected chi connectivity index (χ2v) is 4.91. The van der Waals surface area contributed by atoms with Crippen molar-refractivity contribution in [2.45, 2.75) is 18.9 Å². The monoisotopic (exact) mass is 271 g/mol. The molecule has 2 heterocycles. The molecule has 0 radical (unpaired) electrons. The molecule has 1 N–H and O–H groups in total. The Morgan fingerprint density at radius 2 is 2.20 bits per heavy atom. The summed E-state index contributed by atoms with van der Waals surface area (Å²) < 4.78 is 4.85. The van der Waals surface area contributed by atoms with Gasteiger partial charge in [0, 0.05) is 30.9 Å². The molecule has 0 unspecified atom stereocenters. The van der Waals surface area contributed by atoms with Crippen LogP contribution in [0.4, 0.5) is 5.69 Å². The third-order valence-electron chi connectivity index (χ3n) is 3.62. The van der Waals surface area contributed by atoms with Crippen molar-refractivity contribution in [2.24, 2.45) is 0 Å². The number of anilines is 1. The lowest BCUT2D eigenvalue weighted by Gasteiger charge is -2.26. The van der Waals surface area contributed by atoms with E-state index < -0.39 is 0 Å². The first-order valence-corrected chi connectivity index (χ1v) is 6.85. The van der Waals surface area contributed by atoms with E-state index in [0.29, 0.717) is 12.6 Å². The highest BCUT2D eigenvalue weighted by atomic mass is 16.5. The number of para-hydroxylation sites is 1. The zero-order valence-corrected chi connectivity index (χ0v) is 11.2. The number of carbonyl (C=O) groups is 1. The van der Waals surface area contributed by atoms with E-state index in [0.717, 1.165) is 19.4 Å². The molecule has 20 heavy (non-hydrogen) atoms. The van der Waals surface area contributed by atoms with Crippen LogP contribution in [-0.4, -0.2) is 30.2 Å². The maximum Gasteiger partial charge on any atom is 0.289 e. The van der Waals surface area contributed by atoms with Crippen LogP contribution in [0.5, 0.6) is 0 Å². The molecule has 1 saturated heterocycles. The fourth-order valence-corrected chi connectivity index (χ4v) is 2.64. The average molecular weight is 271 g/mol. The summed E-state index contributed by atoms with van der Waals surface area (Å²) in [5, 5.41) is 6.45. The molecule has 5 nitrogen and oxygen atoms in total. The molecule has 1 aromatic carbocycles. The lowest BCUT2D eigenvalue weighted by atomic mass is 10.2. The van der Waals surface area contributed by atoms with Crippen molar-refractivity contribution in [3.8, 4) is 0 Å². The minimum Gasteiger partial charge on any atom is -0.367 e. The van der Waals surface area contributed by atoms with Crippen LogP contribution in [0.15, 0.2) is 47.1 Å². The third-order valence-corrected chi connectivity index (χ3v) is 3.62. The molecule has 2 aromatic rings. The van der Waals surface area contributed by atoms with Gasteiger partial charge in [-0.2, -0.15) is 0 Å². The first-order chi connectivity index (χ1) is 9.84. The van der Waals surface area contributed by atoms with Gasteiger partial charge in [-0.1, -0.05) is 23.4 Å². The molecular weight excluding hydrogens is 254 g/mol. The SMILES string of the molecule is O=C(NC[C@@H]1CCCN1c1ccccc1)c1ccno1. The van der Waals surface area contributed by atoms with E-state index in [9.17, 15) is 4.79 Å². The maximum absolute atomic E-state index is 11.8. The molecular formula is C15H17N3O2. The zero-order valence-electron chi connectivity index (χ0n) is 11.2. The Morgan fingerprint density at radius 3 is 2.95 bits per heavy atom. The molecule has 104 valence electrons. The number of hydrogen-bond donors (Lipinski definition) is 1. The Bertz CT molecular complexity index is 554. The van der Waals surface area contributed by atoms with Gasteiger partial charge in [-0.05, 0) is 25.0 Å². The first kappa shape index (κ1) is 12.7. The number of amides is 1. The van der Waals surface area contributed by atoms with Crippen LogP contribution < -0.4 is 10.2 Å². The molecule has 1 amide bonds. The maximum atomic E-state index is 11.8. The Morgan fingerprint density at radius 1 is 1.35 bits per heavy atom. The molecule has 0 bridgehead atoms. The van der Waals surface area contributed by atoms with Crippen molar-refractivity contribution in [1.29, 1.82) is 0 Å². The molecule has 3 rings (SSSR count). The first-order valence-electron chi connectivity index (χ1n) is 6.85. The van der Waals surface area contributed by atoms with Gasteiger partial charge in [-0.25, -0.2) is 0 Å². The van der Waals surface area contributed by atoms with Crippen LogP contribution in [-0.2, 0) is 0 Å². The molecule has 0 spiro atoms. The molecule has 1 fully saturated rings. The van der Waals surface area contributed by atoms with Crippen LogP contribution in [0.2, 0.25) is 0 Å². The van der Waals surface area contributed by atoms with Gasteiger partial charge >= 0.3 is 0 Å². The van der Waals surface area contributed by atoms with E-state index in [1.165, 1.54) is 11.9 Å². The van der Waals surface area contributed by atoms with Gasteiger partial charge in [0.2, 0.25) is 5.76 Å². The Labute approximate surface area is 117 Å². The van der Waals surface area contributed by atoms with Gasteiger partial charge in [-0.3, -0.25) is 4.79 Å². The minimum atomic E-state index is -0.206. The van der Waals surface area contributed by atoms with E-state index in [-0.39, 0.29) is 11.7 Å². The van der Waals surface area contributed by atoms with Crippen LogP contribution in [0.25, 0.3) is 0 Å². The van der Waals surface area contributed by atoms with Crippen molar-refractivity contribution in [2.75, 3.05) is 18.0 Å². The number of aromatic nitrogens is 1. The van der Waals surface area contributed by atoms with E-state index in [4.69, 9.17) is 4.52 Å². The van der Waals surface area contributed by atoms with Crippen LogP contribution in [0.3, 0.4) is 0 Å². The summed E-state index contributed by atoms with van der Waals surface area (Å²) in [6.07, 6.45) is 3.71. The van der Waals surface area contributed by atoms with Crippen molar-refractivity contribution < 1.29 is 9.32 Å². The highest BCUT2D eigenvalue weighted by Gasteiger charge is 2.25. The number of carbonyl (C=O) groups excluding carboxylic acids is 1. The second kappa shape index (κ2) is 5.77. The molecule has 5 heteroatoms. The van der Waals surface area contributed by atoms with Gasteiger partial charge in [0.25, 0.3) is 5.91 Å². The van der Waals surface area contributed by atoms with Gasteiger partial charge in [0.05, 0.1) is 6.20 Å². The van der Waals surface area contributed by atoms with E-state index >= 15 is 0 Å². The fraction of sp³-hybridized carbons (Fsp3) is 0.333. The molecule has 1 aromatic heterocycles. The largest absolute Gasteiger partial charge is 0.367 e. The summed E-state index contributed by atoms with van der Waals surface area (Å²) in [4.78, 5) is 14.2. The molecule has 1 aliphatic heterocycles. The summed E-state index contributed by atoms with van der Waals surface area (Å²) in [5.74, 6) is 0.0525. The number of benzene rings is 1. The Hall–Kier alpha value is -2.30. The minimum absolute atomic E-state index is 0.206. The van der Waals surface area contributed by atoms with Gasteiger partial charge in [0.1, 0.15) is 0 Å². The average Bonchev–Trinajstić information content (AvgIpc) is 3.17. The van der Waals surface area contributed by atoms with E-state index in [2.05, 4.69) is 27.5 Å². The molecule has 0 saturated carbocycles. The lowest BCUT2D eigenvalue weighted by Crippen LogP contribution is -2.40. The highest BCUT2D eigenvalue weighted by Crippen LogP contribution is 2.24. The molecule has 1 atom stereocenters. The van der Waals surface area contributed by atoms with Gasteiger partial charge < -0.3 is 14.7 Å². The van der Waals surface area contributed by atoms with Crippen LogP contribution in [0.1, 0.15) is 23.4 Å². The highest BCUT2D eigenvalue weighted by molar-refractivity contribution is 5.91. The van der Waals surface area contributed by atoms with Gasteiger partial charge in [0.15, 0.2) is 0 Å². The Kier molecular flexibility index (Phi) is 3.67. The topological polar surface area (TPSA) is 58.4 Å². The molecule has 0 aliphatic carbocycles. The van der Waals surface area contributed by atoms with Crippen molar-refractivity contribution >= 4 is 11.6 Å². The molecule has 1 aliphatic rings.